The molecule has 0 saturated carbocycles. The van der Waals surface area contributed by atoms with Gasteiger partial charge >= 0.3 is 0 Å². The fourth-order valence-electron chi connectivity index (χ4n) is 2.77. The number of nitrogens with zero attached hydrogens (tertiary/aromatic N) is 6. The van der Waals surface area contributed by atoms with Gasteiger partial charge in [-0.15, -0.1) is 0 Å². The van der Waals surface area contributed by atoms with E-state index in [1.807, 2.05) is 30.8 Å². The summed E-state index contributed by atoms with van der Waals surface area (Å²) in [7, 11) is 0. The van der Waals surface area contributed by atoms with Crippen LogP contribution in [0.4, 0.5) is 5.82 Å². The minimum atomic E-state index is -0.373. The SMILES string of the molecule is CCn1cc(-c2ccnc3cc(C(=O)Nc4ccc(Cl)cn4)nn23)c(C)n1. The molecule has 0 spiro atoms. The molecule has 8 nitrogen and oxygen atoms in total. The minimum absolute atomic E-state index is 0.243. The molecule has 4 aromatic heterocycles. The van der Waals surface area contributed by atoms with Crippen molar-refractivity contribution in [2.24, 2.45) is 0 Å². The van der Waals surface area contributed by atoms with Crippen LogP contribution in [0.2, 0.25) is 5.02 Å². The fraction of sp³-hybridized carbons (Fsp3) is 0.167. The molecule has 9 heteroatoms. The van der Waals surface area contributed by atoms with E-state index in [-0.39, 0.29) is 11.6 Å². The van der Waals surface area contributed by atoms with E-state index in [4.69, 9.17) is 11.6 Å². The van der Waals surface area contributed by atoms with Crippen LogP contribution in [0.1, 0.15) is 23.1 Å². The molecule has 0 unspecified atom stereocenters. The van der Waals surface area contributed by atoms with Gasteiger partial charge in [0.25, 0.3) is 5.91 Å². The number of amides is 1. The fourth-order valence-corrected chi connectivity index (χ4v) is 2.88. The zero-order valence-electron chi connectivity index (χ0n) is 14.7. The van der Waals surface area contributed by atoms with Crippen LogP contribution in [-0.2, 0) is 6.54 Å². The molecule has 0 aliphatic carbocycles. The first-order valence-corrected chi connectivity index (χ1v) is 8.75. The van der Waals surface area contributed by atoms with Gasteiger partial charge in [-0.25, -0.2) is 14.5 Å². The summed E-state index contributed by atoms with van der Waals surface area (Å²) in [5.41, 5.74) is 3.47. The van der Waals surface area contributed by atoms with Crippen LogP contribution in [0.3, 0.4) is 0 Å². The Bertz CT molecular complexity index is 1130. The quantitative estimate of drug-likeness (QED) is 0.586. The second kappa shape index (κ2) is 6.81. The summed E-state index contributed by atoms with van der Waals surface area (Å²) in [4.78, 5) is 20.9. The van der Waals surface area contributed by atoms with Crippen LogP contribution < -0.4 is 5.32 Å². The molecule has 4 heterocycles. The number of halogens is 1. The first kappa shape index (κ1) is 17.2. The van der Waals surface area contributed by atoms with Crippen LogP contribution in [0, 0.1) is 6.92 Å². The van der Waals surface area contributed by atoms with E-state index in [0.717, 1.165) is 23.5 Å². The van der Waals surface area contributed by atoms with Crippen molar-refractivity contribution >= 4 is 29.0 Å². The molecule has 0 aliphatic heterocycles. The van der Waals surface area contributed by atoms with E-state index in [1.54, 1.807) is 28.9 Å². The molecule has 0 saturated heterocycles. The molecule has 4 aromatic rings. The largest absolute Gasteiger partial charge is 0.305 e. The number of carbonyl (C=O) groups excluding carboxylic acids is 1. The smallest absolute Gasteiger partial charge is 0.277 e. The summed E-state index contributed by atoms with van der Waals surface area (Å²) >= 11 is 5.81. The van der Waals surface area contributed by atoms with E-state index < -0.39 is 0 Å². The van der Waals surface area contributed by atoms with E-state index in [1.165, 1.54) is 6.20 Å². The second-order valence-electron chi connectivity index (χ2n) is 5.93. The first-order chi connectivity index (χ1) is 13.0. The third kappa shape index (κ3) is 3.26. The Kier molecular flexibility index (Phi) is 4.33. The van der Waals surface area contributed by atoms with Gasteiger partial charge in [-0.2, -0.15) is 10.2 Å². The number of hydrogen-bond acceptors (Lipinski definition) is 5. The van der Waals surface area contributed by atoms with Gasteiger partial charge in [-0.05, 0) is 32.0 Å². The molecule has 0 bridgehead atoms. The monoisotopic (exact) mass is 381 g/mol. The predicted octanol–water partition coefficient (Wildman–Crippen LogP) is 3.22. The highest BCUT2D eigenvalue weighted by Gasteiger charge is 2.16. The Morgan fingerprint density at radius 1 is 1.22 bits per heavy atom. The van der Waals surface area contributed by atoms with E-state index >= 15 is 0 Å². The minimum Gasteiger partial charge on any atom is -0.305 e. The van der Waals surface area contributed by atoms with Crippen molar-refractivity contribution in [1.82, 2.24) is 29.4 Å². The molecule has 4 rings (SSSR count). The van der Waals surface area contributed by atoms with Crippen molar-refractivity contribution in [1.29, 1.82) is 0 Å². The Balaban J connectivity index is 1.71. The highest BCUT2D eigenvalue weighted by atomic mass is 35.5. The summed E-state index contributed by atoms with van der Waals surface area (Å²) in [5, 5.41) is 12.1. The number of aryl methyl sites for hydroxylation is 2. The number of hydrogen-bond donors (Lipinski definition) is 1. The van der Waals surface area contributed by atoms with E-state index in [0.29, 0.717) is 16.5 Å². The molecule has 0 fully saturated rings. The summed E-state index contributed by atoms with van der Waals surface area (Å²) < 4.78 is 3.51. The third-order valence-corrected chi connectivity index (χ3v) is 4.33. The molecule has 0 atom stereocenters. The van der Waals surface area contributed by atoms with Gasteiger partial charge in [0.15, 0.2) is 11.3 Å². The maximum atomic E-state index is 12.5. The van der Waals surface area contributed by atoms with E-state index in [9.17, 15) is 4.79 Å². The molecule has 27 heavy (non-hydrogen) atoms. The Hall–Kier alpha value is -3.26. The third-order valence-electron chi connectivity index (χ3n) is 4.11. The molecular formula is C18H16ClN7O. The normalized spacial score (nSPS) is 11.1. The number of fused-ring (bicyclic) bond motifs is 1. The number of anilines is 1. The van der Waals surface area contributed by atoms with Crippen LogP contribution in [0.5, 0.6) is 0 Å². The van der Waals surface area contributed by atoms with Gasteiger partial charge in [0, 0.05) is 36.8 Å². The van der Waals surface area contributed by atoms with Crippen LogP contribution in [0.25, 0.3) is 16.9 Å². The Morgan fingerprint density at radius 3 is 2.78 bits per heavy atom. The first-order valence-electron chi connectivity index (χ1n) is 8.37. The molecule has 1 amide bonds. The van der Waals surface area contributed by atoms with Gasteiger partial charge in [0.1, 0.15) is 5.82 Å². The van der Waals surface area contributed by atoms with E-state index in [2.05, 4.69) is 25.5 Å². The number of nitrogens with one attached hydrogen (secondary N) is 1. The van der Waals surface area contributed by atoms with Gasteiger partial charge < -0.3 is 5.32 Å². The maximum absolute atomic E-state index is 12.5. The highest BCUT2D eigenvalue weighted by molar-refractivity contribution is 6.30. The highest BCUT2D eigenvalue weighted by Crippen LogP contribution is 2.23. The average molecular weight is 382 g/mol. The van der Waals surface area contributed by atoms with Crippen molar-refractivity contribution in [3.05, 3.63) is 59.3 Å². The average Bonchev–Trinajstić information content (AvgIpc) is 3.26. The Labute approximate surface area is 159 Å². The number of rotatable bonds is 4. The standard InChI is InChI=1S/C18H16ClN7O/c1-3-25-10-13(11(2)23-25)15-6-7-20-17-8-14(24-26(15)17)18(27)22-16-5-4-12(19)9-21-16/h4-10H,3H2,1-2H3,(H,21,22,27). The zero-order valence-corrected chi connectivity index (χ0v) is 15.5. The molecule has 0 radical (unpaired) electrons. The summed E-state index contributed by atoms with van der Waals surface area (Å²) in [6, 6.07) is 6.77. The summed E-state index contributed by atoms with van der Waals surface area (Å²) in [6.07, 6.45) is 5.12. The molecular weight excluding hydrogens is 366 g/mol. The predicted molar refractivity (Wildman–Crippen MR) is 102 cm³/mol. The molecule has 0 aromatic carbocycles. The van der Waals surface area contributed by atoms with Gasteiger partial charge in [0.05, 0.1) is 16.4 Å². The zero-order chi connectivity index (χ0) is 19.0. The van der Waals surface area contributed by atoms with Crippen molar-refractivity contribution in [3.63, 3.8) is 0 Å². The summed E-state index contributed by atoms with van der Waals surface area (Å²) in [5.74, 6) is 0.0250. The second-order valence-corrected chi connectivity index (χ2v) is 6.37. The molecule has 0 aliphatic rings. The van der Waals surface area contributed by atoms with Crippen molar-refractivity contribution in [2.45, 2.75) is 20.4 Å². The van der Waals surface area contributed by atoms with Crippen molar-refractivity contribution < 1.29 is 4.79 Å². The number of aromatic nitrogens is 6. The van der Waals surface area contributed by atoms with Crippen LogP contribution >= 0.6 is 11.6 Å². The lowest BCUT2D eigenvalue weighted by Gasteiger charge is -2.03. The van der Waals surface area contributed by atoms with Crippen LogP contribution in [-0.4, -0.2) is 35.3 Å². The Morgan fingerprint density at radius 2 is 2.07 bits per heavy atom. The lowest BCUT2D eigenvalue weighted by molar-refractivity contribution is 0.102. The van der Waals surface area contributed by atoms with Crippen molar-refractivity contribution in [2.75, 3.05) is 5.32 Å². The molecule has 136 valence electrons. The molecule has 1 N–H and O–H groups in total. The maximum Gasteiger partial charge on any atom is 0.277 e. The topological polar surface area (TPSA) is 90.0 Å². The van der Waals surface area contributed by atoms with Crippen molar-refractivity contribution in [3.8, 4) is 11.3 Å². The number of carbonyl (C=O) groups is 1. The lowest BCUT2D eigenvalue weighted by atomic mass is 10.2. The number of pyridine rings is 1. The summed E-state index contributed by atoms with van der Waals surface area (Å²) in [6.45, 7) is 4.74. The van der Waals surface area contributed by atoms with Gasteiger partial charge in [-0.3, -0.25) is 9.48 Å². The van der Waals surface area contributed by atoms with Crippen LogP contribution in [0.15, 0.2) is 42.9 Å². The van der Waals surface area contributed by atoms with Gasteiger partial charge in [-0.1, -0.05) is 11.6 Å². The van der Waals surface area contributed by atoms with Gasteiger partial charge in [0.2, 0.25) is 0 Å². The lowest BCUT2D eigenvalue weighted by Crippen LogP contribution is -2.13.